The second kappa shape index (κ2) is 11.3. The molecule has 3 aromatic rings. The van der Waals surface area contributed by atoms with Crippen LogP contribution in [0.5, 0.6) is 0 Å². The van der Waals surface area contributed by atoms with Gasteiger partial charge in [-0.25, -0.2) is 9.37 Å². The van der Waals surface area contributed by atoms with E-state index in [1.54, 1.807) is 31.5 Å². The highest BCUT2D eigenvalue weighted by Gasteiger charge is 2.22. The molecule has 10 heteroatoms. The van der Waals surface area contributed by atoms with Crippen LogP contribution < -0.4 is 10.6 Å². The van der Waals surface area contributed by atoms with Crippen molar-refractivity contribution < 1.29 is 18.8 Å². The van der Waals surface area contributed by atoms with Gasteiger partial charge in [0.05, 0.1) is 24.4 Å². The van der Waals surface area contributed by atoms with Crippen LogP contribution in [0.25, 0.3) is 0 Å². The average molecular weight is 470 g/mol. The van der Waals surface area contributed by atoms with Gasteiger partial charge in [-0.2, -0.15) is 0 Å². The molecular formula is C23H24FN5O3S. The Morgan fingerprint density at radius 2 is 1.82 bits per heavy atom. The lowest BCUT2D eigenvalue weighted by Crippen LogP contribution is -2.42. The van der Waals surface area contributed by atoms with Crippen LogP contribution in [-0.4, -0.2) is 45.2 Å². The maximum absolute atomic E-state index is 13.1. The Bertz CT molecular complexity index is 1100. The van der Waals surface area contributed by atoms with Gasteiger partial charge in [0.2, 0.25) is 11.8 Å². The number of carbonyl (C=O) groups is 3. The van der Waals surface area contributed by atoms with Crippen LogP contribution in [-0.2, 0) is 22.6 Å². The third-order valence-electron chi connectivity index (χ3n) is 4.62. The molecule has 0 unspecified atom stereocenters. The molecule has 0 fully saturated rings. The molecule has 0 radical (unpaired) electrons. The highest BCUT2D eigenvalue weighted by atomic mass is 32.1. The number of rotatable bonds is 9. The van der Waals surface area contributed by atoms with Crippen molar-refractivity contribution >= 4 is 34.2 Å². The van der Waals surface area contributed by atoms with Crippen molar-refractivity contribution in [2.75, 3.05) is 11.9 Å². The summed E-state index contributed by atoms with van der Waals surface area (Å²) in [5.41, 5.74) is 1.57. The fourth-order valence-corrected chi connectivity index (χ4v) is 3.65. The molecule has 0 aliphatic carbocycles. The minimum absolute atomic E-state index is 0.0698. The second-order valence-corrected chi connectivity index (χ2v) is 8.36. The molecule has 1 aromatic carbocycles. The number of hydrogen-bond acceptors (Lipinski definition) is 6. The van der Waals surface area contributed by atoms with Crippen LogP contribution in [0.3, 0.4) is 0 Å². The molecule has 3 rings (SSSR count). The van der Waals surface area contributed by atoms with Crippen molar-refractivity contribution in [1.82, 2.24) is 20.2 Å². The first-order valence-electron chi connectivity index (χ1n) is 10.3. The lowest BCUT2D eigenvalue weighted by Gasteiger charge is -2.26. The summed E-state index contributed by atoms with van der Waals surface area (Å²) < 4.78 is 13.1. The zero-order valence-electron chi connectivity index (χ0n) is 18.2. The summed E-state index contributed by atoms with van der Waals surface area (Å²) in [5, 5.41) is 7.48. The first-order valence-corrected chi connectivity index (χ1v) is 11.2. The number of pyridine rings is 1. The third-order valence-corrected chi connectivity index (χ3v) is 5.43. The number of anilines is 1. The second-order valence-electron chi connectivity index (χ2n) is 7.50. The van der Waals surface area contributed by atoms with Gasteiger partial charge >= 0.3 is 0 Å². The number of nitrogens with one attached hydrogen (secondary N) is 2. The minimum Gasteiger partial charge on any atom is -0.350 e. The zero-order chi connectivity index (χ0) is 23.8. The minimum atomic E-state index is -0.439. The number of thiazole rings is 1. The molecule has 33 heavy (non-hydrogen) atoms. The van der Waals surface area contributed by atoms with Crippen molar-refractivity contribution in [2.45, 2.75) is 32.9 Å². The molecule has 0 aliphatic rings. The van der Waals surface area contributed by atoms with E-state index in [2.05, 4.69) is 20.6 Å². The number of benzene rings is 1. The van der Waals surface area contributed by atoms with Gasteiger partial charge in [-0.05, 0) is 50.2 Å². The van der Waals surface area contributed by atoms with Gasteiger partial charge in [0, 0.05) is 23.2 Å². The van der Waals surface area contributed by atoms with Crippen LogP contribution in [0.4, 0.5) is 9.52 Å². The van der Waals surface area contributed by atoms with Crippen molar-refractivity contribution in [1.29, 1.82) is 0 Å². The first kappa shape index (κ1) is 24.0. The van der Waals surface area contributed by atoms with Gasteiger partial charge in [0.25, 0.3) is 5.91 Å². The summed E-state index contributed by atoms with van der Waals surface area (Å²) in [6.45, 7) is 3.72. The summed E-state index contributed by atoms with van der Waals surface area (Å²) >= 11 is 1.20. The van der Waals surface area contributed by atoms with Gasteiger partial charge < -0.3 is 15.5 Å². The van der Waals surface area contributed by atoms with E-state index in [1.807, 2.05) is 12.1 Å². The molecule has 2 N–H and O–H groups in total. The average Bonchev–Trinajstić information content (AvgIpc) is 3.23. The smallest absolute Gasteiger partial charge is 0.254 e. The Morgan fingerprint density at radius 3 is 2.48 bits per heavy atom. The van der Waals surface area contributed by atoms with E-state index in [-0.39, 0.29) is 30.8 Å². The standard InChI is InChI=1S/C23H24FN5O3S/c1-15(2)29(22(32)16-6-8-17(24)9-7-16)13-21(31)28-23-27-19(14-33-23)11-20(30)26-12-18-5-3-4-10-25-18/h3-10,14-15H,11-13H2,1-2H3,(H,26,30)(H,27,28,31). The molecule has 0 saturated carbocycles. The summed E-state index contributed by atoms with van der Waals surface area (Å²) in [7, 11) is 0. The Hall–Kier alpha value is -3.66. The first-order chi connectivity index (χ1) is 15.8. The van der Waals surface area contributed by atoms with E-state index in [4.69, 9.17) is 0 Å². The van der Waals surface area contributed by atoms with Crippen molar-refractivity contribution in [3.8, 4) is 0 Å². The van der Waals surface area contributed by atoms with E-state index < -0.39 is 11.7 Å². The molecule has 0 aliphatic heterocycles. The normalized spacial score (nSPS) is 10.7. The van der Waals surface area contributed by atoms with E-state index >= 15 is 0 Å². The highest BCUT2D eigenvalue weighted by Crippen LogP contribution is 2.16. The number of nitrogens with zero attached hydrogens (tertiary/aromatic N) is 3. The maximum Gasteiger partial charge on any atom is 0.254 e. The van der Waals surface area contributed by atoms with Crippen molar-refractivity contribution in [3.05, 3.63) is 76.8 Å². The molecular weight excluding hydrogens is 445 g/mol. The molecule has 8 nitrogen and oxygen atoms in total. The number of halogens is 1. The molecule has 172 valence electrons. The summed E-state index contributed by atoms with van der Waals surface area (Å²) in [6, 6.07) is 10.4. The van der Waals surface area contributed by atoms with E-state index in [0.717, 1.165) is 5.69 Å². The molecule has 0 saturated heterocycles. The topological polar surface area (TPSA) is 104 Å². The fourth-order valence-electron chi connectivity index (χ4n) is 2.93. The lowest BCUT2D eigenvalue weighted by atomic mass is 10.1. The SMILES string of the molecule is CC(C)N(CC(=O)Nc1nc(CC(=O)NCc2ccccn2)cs1)C(=O)c1ccc(F)cc1. The van der Waals surface area contributed by atoms with Crippen LogP contribution in [0.2, 0.25) is 0 Å². The third kappa shape index (κ3) is 7.18. The largest absolute Gasteiger partial charge is 0.350 e. The predicted molar refractivity (Wildman–Crippen MR) is 123 cm³/mol. The van der Waals surface area contributed by atoms with Crippen LogP contribution in [0.1, 0.15) is 35.6 Å². The van der Waals surface area contributed by atoms with Gasteiger partial charge in [0.1, 0.15) is 12.4 Å². The summed E-state index contributed by atoms with van der Waals surface area (Å²) in [4.78, 5) is 47.2. The molecule has 2 heterocycles. The van der Waals surface area contributed by atoms with Gasteiger partial charge in [-0.15, -0.1) is 11.3 Å². The Morgan fingerprint density at radius 1 is 1.06 bits per heavy atom. The maximum atomic E-state index is 13.1. The van der Waals surface area contributed by atoms with Crippen LogP contribution in [0.15, 0.2) is 54.0 Å². The van der Waals surface area contributed by atoms with E-state index in [0.29, 0.717) is 22.9 Å². The quantitative estimate of drug-likeness (QED) is 0.501. The lowest BCUT2D eigenvalue weighted by molar-refractivity contribution is -0.120. The summed E-state index contributed by atoms with van der Waals surface area (Å²) in [6.07, 6.45) is 1.73. The van der Waals surface area contributed by atoms with Gasteiger partial charge in [0.15, 0.2) is 5.13 Å². The summed E-state index contributed by atoms with van der Waals surface area (Å²) in [5.74, 6) is -1.44. The Kier molecular flexibility index (Phi) is 8.20. The number of aromatic nitrogens is 2. The van der Waals surface area contributed by atoms with Crippen LogP contribution in [0, 0.1) is 5.82 Å². The van der Waals surface area contributed by atoms with Crippen molar-refractivity contribution in [3.63, 3.8) is 0 Å². The highest BCUT2D eigenvalue weighted by molar-refractivity contribution is 7.13. The van der Waals surface area contributed by atoms with Crippen molar-refractivity contribution in [2.24, 2.45) is 0 Å². The van der Waals surface area contributed by atoms with E-state index in [9.17, 15) is 18.8 Å². The zero-order valence-corrected chi connectivity index (χ0v) is 19.1. The monoisotopic (exact) mass is 469 g/mol. The predicted octanol–water partition coefficient (Wildman–Crippen LogP) is 3.03. The number of carbonyl (C=O) groups excluding carboxylic acids is 3. The Balaban J connectivity index is 1.52. The van der Waals surface area contributed by atoms with Crippen LogP contribution >= 0.6 is 11.3 Å². The molecule has 0 bridgehead atoms. The van der Waals surface area contributed by atoms with Gasteiger partial charge in [-0.1, -0.05) is 6.07 Å². The molecule has 0 atom stereocenters. The fraction of sp³-hybridized carbons (Fsp3) is 0.261. The number of hydrogen-bond donors (Lipinski definition) is 2. The molecule has 3 amide bonds. The Labute approximate surface area is 194 Å². The van der Waals surface area contributed by atoms with Gasteiger partial charge in [-0.3, -0.25) is 19.4 Å². The molecule has 2 aromatic heterocycles. The number of amides is 3. The van der Waals surface area contributed by atoms with E-state index in [1.165, 1.54) is 40.5 Å². The molecule has 0 spiro atoms.